The summed E-state index contributed by atoms with van der Waals surface area (Å²) in [5, 5.41) is 9.06. The SMILES string of the molecule is CCCCCCc1ccccc1C=NN=C(c1ccccc1)c1ccc(CCF)cc1. The molecule has 0 bridgehead atoms. The number of hydrogen-bond acceptors (Lipinski definition) is 2. The third-order valence-corrected chi connectivity index (χ3v) is 5.37. The molecular weight excluding hydrogens is 383 g/mol. The number of nitrogens with zero attached hydrogens (tertiary/aromatic N) is 2. The monoisotopic (exact) mass is 414 g/mol. The molecule has 31 heavy (non-hydrogen) atoms. The Bertz CT molecular complexity index is 975. The number of hydrogen-bond donors (Lipinski definition) is 0. The standard InChI is InChI=1S/C28H31FN2/c1-2-3-4-6-11-24-12-9-10-15-27(24)22-30-31-28(25-13-7-5-8-14-25)26-18-16-23(17-19-26)20-21-29/h5,7-10,12-19,22H,2-4,6,11,20-21H2,1H3. The molecule has 0 saturated carbocycles. The van der Waals surface area contributed by atoms with Crippen LogP contribution in [0.4, 0.5) is 4.39 Å². The van der Waals surface area contributed by atoms with Gasteiger partial charge in [0, 0.05) is 17.5 Å². The highest BCUT2D eigenvalue weighted by atomic mass is 19.1. The Morgan fingerprint density at radius 2 is 1.48 bits per heavy atom. The van der Waals surface area contributed by atoms with Crippen molar-refractivity contribution in [3.8, 4) is 0 Å². The number of rotatable bonds is 11. The summed E-state index contributed by atoms with van der Waals surface area (Å²) in [6, 6.07) is 26.4. The molecule has 160 valence electrons. The Hall–Kier alpha value is -3.07. The van der Waals surface area contributed by atoms with Crippen LogP contribution >= 0.6 is 0 Å². The summed E-state index contributed by atoms with van der Waals surface area (Å²) in [7, 11) is 0. The van der Waals surface area contributed by atoms with E-state index in [9.17, 15) is 4.39 Å². The van der Waals surface area contributed by atoms with Crippen LogP contribution in [0.15, 0.2) is 89.1 Å². The lowest BCUT2D eigenvalue weighted by atomic mass is 10.0. The van der Waals surface area contributed by atoms with Crippen LogP contribution in [0.3, 0.4) is 0 Å². The number of halogens is 1. The maximum Gasteiger partial charge on any atom is 0.100 e. The van der Waals surface area contributed by atoms with Crippen molar-refractivity contribution in [3.63, 3.8) is 0 Å². The van der Waals surface area contributed by atoms with Crippen LogP contribution in [-0.4, -0.2) is 18.6 Å². The largest absolute Gasteiger partial charge is 0.251 e. The zero-order valence-corrected chi connectivity index (χ0v) is 18.3. The third-order valence-electron chi connectivity index (χ3n) is 5.37. The molecule has 0 saturated heterocycles. The molecular formula is C28H31FN2. The Morgan fingerprint density at radius 3 is 2.23 bits per heavy atom. The minimum atomic E-state index is -0.346. The van der Waals surface area contributed by atoms with Crippen LogP contribution in [0.1, 0.15) is 60.4 Å². The first-order valence-electron chi connectivity index (χ1n) is 11.2. The third kappa shape index (κ3) is 6.99. The normalized spacial score (nSPS) is 11.9. The Morgan fingerprint density at radius 1 is 0.774 bits per heavy atom. The van der Waals surface area contributed by atoms with Crippen molar-refractivity contribution in [2.75, 3.05) is 6.67 Å². The molecule has 0 N–H and O–H groups in total. The van der Waals surface area contributed by atoms with E-state index in [0.29, 0.717) is 6.42 Å². The first-order valence-corrected chi connectivity index (χ1v) is 11.2. The highest BCUT2D eigenvalue weighted by Crippen LogP contribution is 2.15. The summed E-state index contributed by atoms with van der Waals surface area (Å²) < 4.78 is 12.6. The summed E-state index contributed by atoms with van der Waals surface area (Å²) in [5.74, 6) is 0. The molecule has 0 atom stereocenters. The molecule has 0 spiro atoms. The molecule has 0 aromatic heterocycles. The summed E-state index contributed by atoms with van der Waals surface area (Å²) in [4.78, 5) is 0. The maximum absolute atomic E-state index is 12.6. The molecule has 0 amide bonds. The Balaban J connectivity index is 1.84. The van der Waals surface area contributed by atoms with Crippen molar-refractivity contribution in [2.24, 2.45) is 10.2 Å². The zero-order valence-electron chi connectivity index (χ0n) is 18.3. The molecule has 0 fully saturated rings. The molecule has 0 aliphatic carbocycles. The maximum atomic E-state index is 12.6. The number of unbranched alkanes of at least 4 members (excludes halogenated alkanes) is 3. The highest BCUT2D eigenvalue weighted by molar-refractivity contribution is 6.13. The van der Waals surface area contributed by atoms with Crippen LogP contribution in [0.2, 0.25) is 0 Å². The molecule has 0 unspecified atom stereocenters. The quantitative estimate of drug-likeness (QED) is 0.180. The van der Waals surface area contributed by atoms with Gasteiger partial charge in [-0.05, 0) is 29.5 Å². The molecule has 0 aliphatic rings. The van der Waals surface area contributed by atoms with Crippen LogP contribution in [-0.2, 0) is 12.8 Å². The fourth-order valence-corrected chi connectivity index (χ4v) is 3.60. The van der Waals surface area contributed by atoms with Gasteiger partial charge in [0.2, 0.25) is 0 Å². The van der Waals surface area contributed by atoms with Crippen molar-refractivity contribution in [3.05, 3.63) is 107 Å². The molecule has 3 aromatic rings. The Labute approximate surface area is 185 Å². The molecule has 0 heterocycles. The average Bonchev–Trinajstić information content (AvgIpc) is 2.82. The van der Waals surface area contributed by atoms with E-state index < -0.39 is 0 Å². The van der Waals surface area contributed by atoms with E-state index in [0.717, 1.165) is 34.4 Å². The Kier molecular flexibility index (Phi) is 9.18. The van der Waals surface area contributed by atoms with E-state index in [-0.39, 0.29) is 6.67 Å². The van der Waals surface area contributed by atoms with Gasteiger partial charge in [0.05, 0.1) is 12.9 Å². The average molecular weight is 415 g/mol. The van der Waals surface area contributed by atoms with Crippen molar-refractivity contribution < 1.29 is 4.39 Å². The predicted octanol–water partition coefficient (Wildman–Crippen LogP) is 7.19. The van der Waals surface area contributed by atoms with E-state index >= 15 is 0 Å². The van der Waals surface area contributed by atoms with E-state index in [1.54, 1.807) is 0 Å². The van der Waals surface area contributed by atoms with Crippen LogP contribution in [0.25, 0.3) is 0 Å². The number of alkyl halides is 1. The minimum Gasteiger partial charge on any atom is -0.251 e. The fraction of sp³-hybridized carbons (Fsp3) is 0.286. The van der Waals surface area contributed by atoms with Crippen molar-refractivity contribution in [1.82, 2.24) is 0 Å². The van der Waals surface area contributed by atoms with Gasteiger partial charge in [0.15, 0.2) is 0 Å². The second-order valence-electron chi connectivity index (χ2n) is 7.70. The van der Waals surface area contributed by atoms with Crippen LogP contribution < -0.4 is 0 Å². The van der Waals surface area contributed by atoms with Crippen molar-refractivity contribution in [1.29, 1.82) is 0 Å². The van der Waals surface area contributed by atoms with Crippen molar-refractivity contribution >= 4 is 11.9 Å². The van der Waals surface area contributed by atoms with E-state index in [1.165, 1.54) is 31.2 Å². The molecule has 3 heteroatoms. The lowest BCUT2D eigenvalue weighted by Gasteiger charge is -2.07. The van der Waals surface area contributed by atoms with Gasteiger partial charge in [0.25, 0.3) is 0 Å². The van der Waals surface area contributed by atoms with E-state index in [2.05, 4.69) is 35.3 Å². The molecule has 3 aromatic carbocycles. The molecule has 2 nitrogen and oxygen atoms in total. The summed E-state index contributed by atoms with van der Waals surface area (Å²) in [6.07, 6.45) is 8.34. The lowest BCUT2D eigenvalue weighted by molar-refractivity contribution is 0.495. The van der Waals surface area contributed by atoms with E-state index in [4.69, 9.17) is 0 Å². The molecule has 0 aliphatic heterocycles. The van der Waals surface area contributed by atoms with Gasteiger partial charge >= 0.3 is 0 Å². The van der Waals surface area contributed by atoms with Gasteiger partial charge in [0.1, 0.15) is 5.71 Å². The number of benzene rings is 3. The second kappa shape index (κ2) is 12.6. The summed E-state index contributed by atoms with van der Waals surface area (Å²) >= 11 is 0. The smallest absolute Gasteiger partial charge is 0.100 e. The van der Waals surface area contributed by atoms with Gasteiger partial charge in [-0.25, -0.2) is 0 Å². The van der Waals surface area contributed by atoms with Crippen molar-refractivity contribution in [2.45, 2.75) is 45.4 Å². The first kappa shape index (κ1) is 22.6. The minimum absolute atomic E-state index is 0.346. The van der Waals surface area contributed by atoms with Crippen LogP contribution in [0.5, 0.6) is 0 Å². The topological polar surface area (TPSA) is 24.7 Å². The highest BCUT2D eigenvalue weighted by Gasteiger charge is 2.07. The first-order chi connectivity index (χ1) is 15.3. The summed E-state index contributed by atoms with van der Waals surface area (Å²) in [6.45, 7) is 1.89. The van der Waals surface area contributed by atoms with Gasteiger partial charge in [-0.1, -0.05) is 105 Å². The van der Waals surface area contributed by atoms with Gasteiger partial charge in [-0.15, -0.1) is 5.10 Å². The van der Waals surface area contributed by atoms with Gasteiger partial charge < -0.3 is 0 Å². The van der Waals surface area contributed by atoms with Gasteiger partial charge in [-0.2, -0.15) is 5.10 Å². The van der Waals surface area contributed by atoms with Gasteiger partial charge in [-0.3, -0.25) is 4.39 Å². The lowest BCUT2D eigenvalue weighted by Crippen LogP contribution is -2.03. The van der Waals surface area contributed by atoms with E-state index in [1.807, 2.05) is 66.9 Å². The zero-order chi connectivity index (χ0) is 21.7. The molecule has 0 radical (unpaired) electrons. The second-order valence-corrected chi connectivity index (χ2v) is 7.70. The molecule has 3 rings (SSSR count). The van der Waals surface area contributed by atoms with Crippen LogP contribution in [0, 0.1) is 0 Å². The number of aryl methyl sites for hydroxylation is 2. The fourth-order valence-electron chi connectivity index (χ4n) is 3.60. The predicted molar refractivity (Wildman–Crippen MR) is 130 cm³/mol. The summed E-state index contributed by atoms with van der Waals surface area (Å²) in [5.41, 5.74) is 6.20.